The lowest BCUT2D eigenvalue weighted by atomic mass is 9.98. The molecule has 0 radical (unpaired) electrons. The van der Waals surface area contributed by atoms with Crippen molar-refractivity contribution in [1.29, 1.82) is 0 Å². The van der Waals surface area contributed by atoms with E-state index in [1.807, 2.05) is 0 Å². The van der Waals surface area contributed by atoms with Gasteiger partial charge >= 0.3 is 0 Å². The molecule has 8 nitrogen and oxygen atoms in total. The van der Waals surface area contributed by atoms with Crippen molar-refractivity contribution in [3.05, 3.63) is 84.0 Å². The first kappa shape index (κ1) is 24.0. The fourth-order valence-corrected chi connectivity index (χ4v) is 5.53. The molecule has 0 aliphatic carbocycles. The summed E-state index contributed by atoms with van der Waals surface area (Å²) in [5.41, 5.74) is 7.41. The molecule has 2 aromatic heterocycles. The number of alkyl halides is 2. The number of nitrogens with two attached hydrogens (primary N) is 1. The van der Waals surface area contributed by atoms with E-state index in [0.29, 0.717) is 41.7 Å². The second-order valence-corrected chi connectivity index (χ2v) is 10.5. The van der Waals surface area contributed by atoms with Crippen LogP contribution < -0.4 is 5.73 Å². The highest BCUT2D eigenvalue weighted by Gasteiger charge is 2.34. The van der Waals surface area contributed by atoms with Gasteiger partial charge in [0, 0.05) is 35.2 Å². The van der Waals surface area contributed by atoms with Gasteiger partial charge in [-0.1, -0.05) is 61.2 Å². The van der Waals surface area contributed by atoms with E-state index in [2.05, 4.69) is 16.5 Å². The van der Waals surface area contributed by atoms with Crippen LogP contribution >= 0.6 is 0 Å². The zero-order chi connectivity index (χ0) is 25.5. The van der Waals surface area contributed by atoms with E-state index >= 15 is 8.78 Å². The maximum Gasteiger partial charge on any atom is 0.298 e. The predicted octanol–water partition coefficient (Wildman–Crippen LogP) is 4.33. The summed E-state index contributed by atoms with van der Waals surface area (Å²) < 4.78 is 57.8. The summed E-state index contributed by atoms with van der Waals surface area (Å²) in [5, 5.41) is 6.16. The van der Waals surface area contributed by atoms with Crippen molar-refractivity contribution in [2.24, 2.45) is 0 Å². The van der Waals surface area contributed by atoms with E-state index in [1.54, 1.807) is 35.0 Å². The summed E-state index contributed by atoms with van der Waals surface area (Å²) in [6, 6.07) is 13.2. The van der Waals surface area contributed by atoms with Gasteiger partial charge in [-0.25, -0.2) is 23.1 Å². The molecule has 4 aromatic rings. The minimum Gasteiger partial charge on any atom is -0.383 e. The third kappa shape index (κ3) is 4.14. The Labute approximate surface area is 207 Å². The maximum absolute atomic E-state index is 15.0. The van der Waals surface area contributed by atoms with Gasteiger partial charge < -0.3 is 5.73 Å². The van der Waals surface area contributed by atoms with Gasteiger partial charge in [0.2, 0.25) is 10.0 Å². The molecule has 0 saturated carbocycles. The molecule has 3 heterocycles. The first-order valence-electron chi connectivity index (χ1n) is 11.4. The number of nitrogens with zero attached hydrogens (tertiary/aromatic N) is 5. The number of sulfonamides is 1. The number of hydrogen-bond donors (Lipinski definition) is 1. The van der Waals surface area contributed by atoms with E-state index in [0.717, 1.165) is 5.41 Å². The molecule has 0 spiro atoms. The minimum atomic E-state index is -3.58. The van der Waals surface area contributed by atoms with Crippen molar-refractivity contribution in [2.75, 3.05) is 18.8 Å². The zero-order valence-corrected chi connectivity index (χ0v) is 20.1. The molecule has 5 rings (SSSR count). The first-order valence-corrected chi connectivity index (χ1v) is 12.9. The topological polar surface area (TPSA) is 107 Å². The number of aromatic nitrogens is 4. The first-order chi connectivity index (χ1) is 17.2. The quantitative estimate of drug-likeness (QED) is 0.414. The van der Waals surface area contributed by atoms with Gasteiger partial charge in [-0.3, -0.25) is 0 Å². The van der Waals surface area contributed by atoms with Gasteiger partial charge in [0.25, 0.3) is 5.92 Å². The van der Waals surface area contributed by atoms with Gasteiger partial charge in [0.05, 0.1) is 11.4 Å². The van der Waals surface area contributed by atoms with Crippen LogP contribution in [0.2, 0.25) is 0 Å². The van der Waals surface area contributed by atoms with Crippen LogP contribution in [0.5, 0.6) is 0 Å². The zero-order valence-electron chi connectivity index (χ0n) is 19.3. The van der Waals surface area contributed by atoms with Crippen molar-refractivity contribution in [2.45, 2.75) is 24.8 Å². The summed E-state index contributed by atoms with van der Waals surface area (Å²) in [5.74, 6) is -2.96. The van der Waals surface area contributed by atoms with Crippen molar-refractivity contribution in [3.8, 4) is 11.3 Å². The Hall–Kier alpha value is -3.70. The van der Waals surface area contributed by atoms with Crippen LogP contribution in [0, 0.1) is 0 Å². The molecular formula is C25H24F2N6O2S. The van der Waals surface area contributed by atoms with E-state index in [4.69, 9.17) is 10.8 Å². The molecule has 186 valence electrons. The number of halogens is 2. The third-order valence-corrected chi connectivity index (χ3v) is 7.92. The minimum absolute atomic E-state index is 0.0959. The van der Waals surface area contributed by atoms with Crippen molar-refractivity contribution >= 4 is 26.9 Å². The van der Waals surface area contributed by atoms with Crippen molar-refractivity contribution in [1.82, 2.24) is 24.1 Å². The maximum atomic E-state index is 15.0. The molecule has 0 amide bonds. The van der Waals surface area contributed by atoms with E-state index in [-0.39, 0.29) is 29.5 Å². The molecule has 1 atom stereocenters. The van der Waals surface area contributed by atoms with Crippen LogP contribution in [0.4, 0.5) is 14.6 Å². The SMILES string of the molecule is C=CS(=O)(=O)N1CCCC(n2nc(-c3ccc(C(F)(F)c4ccccc4)cc3)c3c(N)ncnc32)C1. The van der Waals surface area contributed by atoms with Gasteiger partial charge in [-0.2, -0.15) is 18.2 Å². The Bertz CT molecular complexity index is 1520. The van der Waals surface area contributed by atoms with Crippen molar-refractivity contribution in [3.63, 3.8) is 0 Å². The van der Waals surface area contributed by atoms with Gasteiger partial charge in [0.15, 0.2) is 5.65 Å². The number of anilines is 1. The predicted molar refractivity (Wildman–Crippen MR) is 134 cm³/mol. The lowest BCUT2D eigenvalue weighted by Crippen LogP contribution is -2.40. The Balaban J connectivity index is 1.55. The standard InChI is InChI=1S/C25H24F2N6O2S/c1-2-36(34,35)32-14-6-9-20(15-32)33-24-21(23(28)29-16-30-24)22(31-33)17-10-12-19(13-11-17)25(26,27)18-7-4-3-5-8-18/h2-5,7-8,10-13,16,20H,1,6,9,14-15H2,(H2,28,29,30). The Morgan fingerprint density at radius 1 is 1.06 bits per heavy atom. The molecular weight excluding hydrogens is 486 g/mol. The monoisotopic (exact) mass is 510 g/mol. The van der Waals surface area contributed by atoms with E-state index in [9.17, 15) is 8.42 Å². The second kappa shape index (κ2) is 9.07. The number of hydrogen-bond acceptors (Lipinski definition) is 6. The summed E-state index contributed by atoms with van der Waals surface area (Å²) >= 11 is 0. The van der Waals surface area contributed by atoms with Crippen LogP contribution in [0.1, 0.15) is 30.0 Å². The highest BCUT2D eigenvalue weighted by molar-refractivity contribution is 7.92. The molecule has 1 saturated heterocycles. The second-order valence-electron chi connectivity index (χ2n) is 8.63. The molecule has 1 fully saturated rings. The molecule has 1 aliphatic heterocycles. The van der Waals surface area contributed by atoms with Gasteiger partial charge in [-0.15, -0.1) is 0 Å². The smallest absolute Gasteiger partial charge is 0.298 e. The molecule has 11 heteroatoms. The molecule has 1 aliphatic rings. The van der Waals surface area contributed by atoms with Crippen LogP contribution in [-0.2, 0) is 15.9 Å². The Kier molecular flexibility index (Phi) is 6.05. The van der Waals surface area contributed by atoms with E-state index in [1.165, 1.54) is 34.9 Å². The van der Waals surface area contributed by atoms with Crippen LogP contribution in [-0.4, -0.2) is 45.6 Å². The molecule has 36 heavy (non-hydrogen) atoms. The van der Waals surface area contributed by atoms with Crippen molar-refractivity contribution < 1.29 is 17.2 Å². The van der Waals surface area contributed by atoms with Crippen LogP contribution in [0.3, 0.4) is 0 Å². The average molecular weight is 511 g/mol. The van der Waals surface area contributed by atoms with E-state index < -0.39 is 15.9 Å². The molecule has 2 N–H and O–H groups in total. The number of rotatable bonds is 6. The summed E-state index contributed by atoms with van der Waals surface area (Å²) in [4.78, 5) is 8.46. The van der Waals surface area contributed by atoms with Crippen LogP contribution in [0.25, 0.3) is 22.3 Å². The number of benzene rings is 2. The van der Waals surface area contributed by atoms with Gasteiger partial charge in [-0.05, 0) is 12.8 Å². The van der Waals surface area contributed by atoms with Crippen LogP contribution in [0.15, 0.2) is 72.9 Å². The average Bonchev–Trinajstić information content (AvgIpc) is 3.30. The largest absolute Gasteiger partial charge is 0.383 e. The Morgan fingerprint density at radius 2 is 1.75 bits per heavy atom. The summed E-state index contributed by atoms with van der Waals surface area (Å²) in [7, 11) is -3.58. The molecule has 0 bridgehead atoms. The fourth-order valence-electron chi connectivity index (χ4n) is 4.56. The summed E-state index contributed by atoms with van der Waals surface area (Å²) in [6.07, 6.45) is 2.65. The normalized spacial score (nSPS) is 17.3. The highest BCUT2D eigenvalue weighted by Crippen LogP contribution is 2.38. The lowest BCUT2D eigenvalue weighted by Gasteiger charge is -2.31. The molecule has 2 aromatic carbocycles. The lowest BCUT2D eigenvalue weighted by molar-refractivity contribution is 0.0428. The third-order valence-electron chi connectivity index (χ3n) is 6.45. The molecule has 1 unspecified atom stereocenters. The number of fused-ring (bicyclic) bond motifs is 1. The van der Waals surface area contributed by atoms with Gasteiger partial charge in [0.1, 0.15) is 17.8 Å². The number of piperidine rings is 1. The summed E-state index contributed by atoms with van der Waals surface area (Å²) in [6.45, 7) is 4.01. The Morgan fingerprint density at radius 3 is 2.44 bits per heavy atom. The fraction of sp³-hybridized carbons (Fsp3) is 0.240. The highest BCUT2D eigenvalue weighted by atomic mass is 32.2. The number of nitrogen functional groups attached to an aromatic ring is 1.